The molecule has 0 aliphatic carbocycles. The highest BCUT2D eigenvalue weighted by Gasteiger charge is 2.48. The largest absolute Gasteiger partial charge is 0.333 e. The van der Waals surface area contributed by atoms with Gasteiger partial charge in [0.15, 0.2) is 0 Å². The van der Waals surface area contributed by atoms with Crippen LogP contribution in [0.5, 0.6) is 0 Å². The minimum absolute atomic E-state index is 0.130. The summed E-state index contributed by atoms with van der Waals surface area (Å²) in [6.45, 7) is 4.72. The molecule has 0 bridgehead atoms. The van der Waals surface area contributed by atoms with Gasteiger partial charge in [-0.25, -0.2) is 14.7 Å². The molecule has 100 valence electrons. The molecule has 1 aromatic heterocycles. The molecule has 0 radical (unpaired) electrons. The number of pyridine rings is 1. The Kier molecular flexibility index (Phi) is 2.77. The molecule has 3 heterocycles. The van der Waals surface area contributed by atoms with E-state index in [0.717, 1.165) is 18.4 Å². The average Bonchev–Trinajstić information content (AvgIpc) is 2.61. The Morgan fingerprint density at radius 1 is 1.37 bits per heavy atom. The summed E-state index contributed by atoms with van der Waals surface area (Å²) in [5, 5.41) is 0. The van der Waals surface area contributed by atoms with Crippen molar-refractivity contribution in [2.24, 2.45) is 5.92 Å². The van der Waals surface area contributed by atoms with Crippen molar-refractivity contribution in [3.8, 4) is 0 Å². The maximum Gasteiger partial charge on any atom is 0.333 e. The number of hydrogen-bond donors (Lipinski definition) is 0. The summed E-state index contributed by atoms with van der Waals surface area (Å²) in [4.78, 5) is 31.9. The number of rotatable bonds is 1. The number of carbonyl (C=O) groups is 2. The summed E-state index contributed by atoms with van der Waals surface area (Å²) < 4.78 is 0. The first-order valence-corrected chi connectivity index (χ1v) is 6.65. The number of urea groups is 1. The Morgan fingerprint density at radius 2 is 2.16 bits per heavy atom. The summed E-state index contributed by atoms with van der Waals surface area (Å²) in [7, 11) is 0. The Balaban J connectivity index is 1.95. The highest BCUT2D eigenvalue weighted by Crippen LogP contribution is 2.32. The van der Waals surface area contributed by atoms with Crippen LogP contribution in [0, 0.1) is 12.8 Å². The fraction of sp³-hybridized carbons (Fsp3) is 0.500. The lowest BCUT2D eigenvalue weighted by Crippen LogP contribution is -2.41. The quantitative estimate of drug-likeness (QED) is 0.724. The van der Waals surface area contributed by atoms with Gasteiger partial charge in [-0.2, -0.15) is 0 Å². The number of hydrogen-bond acceptors (Lipinski definition) is 3. The van der Waals surface area contributed by atoms with Crippen molar-refractivity contribution in [1.82, 2.24) is 9.88 Å². The van der Waals surface area contributed by atoms with E-state index in [9.17, 15) is 9.59 Å². The van der Waals surface area contributed by atoms with E-state index < -0.39 is 0 Å². The monoisotopic (exact) mass is 259 g/mol. The van der Waals surface area contributed by atoms with Crippen molar-refractivity contribution in [3.63, 3.8) is 0 Å². The topological polar surface area (TPSA) is 53.5 Å². The highest BCUT2D eigenvalue weighted by atomic mass is 16.2. The third-order valence-electron chi connectivity index (χ3n) is 3.94. The third kappa shape index (κ3) is 1.89. The van der Waals surface area contributed by atoms with Crippen LogP contribution in [0.15, 0.2) is 18.3 Å². The number of fused-ring (bicyclic) bond motifs is 1. The predicted octanol–water partition coefficient (Wildman–Crippen LogP) is 1.96. The highest BCUT2D eigenvalue weighted by molar-refractivity contribution is 6.20. The van der Waals surface area contributed by atoms with Crippen molar-refractivity contribution < 1.29 is 9.59 Å². The van der Waals surface area contributed by atoms with E-state index in [-0.39, 0.29) is 18.0 Å². The molecule has 0 N–H and O–H groups in total. The van der Waals surface area contributed by atoms with E-state index in [0.29, 0.717) is 18.3 Å². The Labute approximate surface area is 112 Å². The average molecular weight is 259 g/mol. The van der Waals surface area contributed by atoms with Crippen LogP contribution >= 0.6 is 0 Å². The zero-order valence-electron chi connectivity index (χ0n) is 11.2. The van der Waals surface area contributed by atoms with Gasteiger partial charge < -0.3 is 4.90 Å². The van der Waals surface area contributed by atoms with Gasteiger partial charge in [-0.1, -0.05) is 6.92 Å². The minimum Gasteiger partial charge on any atom is -0.312 e. The number of aryl methyl sites for hydroxylation is 1. The normalized spacial score (nSPS) is 26.8. The maximum absolute atomic E-state index is 12.4. The summed E-state index contributed by atoms with van der Waals surface area (Å²) in [6, 6.07) is 3.11. The fourth-order valence-corrected chi connectivity index (χ4v) is 2.83. The zero-order valence-corrected chi connectivity index (χ0v) is 11.2. The molecular weight excluding hydrogens is 242 g/mol. The first-order valence-electron chi connectivity index (χ1n) is 6.65. The number of carbonyl (C=O) groups excluding carboxylic acids is 2. The van der Waals surface area contributed by atoms with Gasteiger partial charge in [-0.3, -0.25) is 4.79 Å². The Morgan fingerprint density at radius 3 is 2.89 bits per heavy atom. The van der Waals surface area contributed by atoms with Crippen LogP contribution in [-0.2, 0) is 4.79 Å². The molecule has 3 rings (SSSR count). The molecule has 2 saturated heterocycles. The molecule has 1 aromatic rings. The lowest BCUT2D eigenvalue weighted by Gasteiger charge is -2.30. The first kappa shape index (κ1) is 12.1. The fourth-order valence-electron chi connectivity index (χ4n) is 2.83. The maximum atomic E-state index is 12.4. The van der Waals surface area contributed by atoms with Gasteiger partial charge in [0, 0.05) is 12.7 Å². The van der Waals surface area contributed by atoms with Crippen molar-refractivity contribution >= 4 is 17.8 Å². The van der Waals surface area contributed by atoms with E-state index in [2.05, 4.69) is 11.9 Å². The van der Waals surface area contributed by atoms with E-state index in [1.54, 1.807) is 17.2 Å². The molecule has 2 aliphatic heterocycles. The lowest BCUT2D eigenvalue weighted by molar-refractivity contribution is -0.120. The van der Waals surface area contributed by atoms with Gasteiger partial charge in [0.25, 0.3) is 5.91 Å². The number of nitrogens with zero attached hydrogens (tertiary/aromatic N) is 3. The van der Waals surface area contributed by atoms with Crippen molar-refractivity contribution in [3.05, 3.63) is 23.9 Å². The van der Waals surface area contributed by atoms with Gasteiger partial charge in [-0.05, 0) is 43.4 Å². The predicted molar refractivity (Wildman–Crippen MR) is 70.7 cm³/mol. The van der Waals surface area contributed by atoms with Crippen molar-refractivity contribution in [2.75, 3.05) is 11.4 Å². The molecule has 3 amide bonds. The van der Waals surface area contributed by atoms with Gasteiger partial charge in [0.2, 0.25) is 0 Å². The lowest BCUT2D eigenvalue weighted by atomic mass is 9.93. The second-order valence-corrected chi connectivity index (χ2v) is 5.49. The summed E-state index contributed by atoms with van der Waals surface area (Å²) in [5.41, 5.74) is 0.990. The smallest absolute Gasteiger partial charge is 0.312 e. The molecule has 0 saturated carbocycles. The molecule has 5 heteroatoms. The number of piperidine rings is 1. The van der Waals surface area contributed by atoms with Gasteiger partial charge >= 0.3 is 6.03 Å². The molecule has 0 unspecified atom stereocenters. The van der Waals surface area contributed by atoms with Crippen LogP contribution in [0.4, 0.5) is 10.6 Å². The number of amides is 3. The van der Waals surface area contributed by atoms with Crippen LogP contribution in [0.1, 0.15) is 25.3 Å². The van der Waals surface area contributed by atoms with Crippen LogP contribution in [0.25, 0.3) is 0 Å². The van der Waals surface area contributed by atoms with Crippen LogP contribution in [0.2, 0.25) is 0 Å². The standard InChI is InChI=1S/C14H17N3O2/c1-9-3-5-15-12(8-9)17-13(18)11-7-10(2)4-6-16(11)14(17)19/h3,5,8,10-11H,4,6-7H2,1-2H3/t10-,11-/m1/s1. The van der Waals surface area contributed by atoms with Crippen LogP contribution < -0.4 is 4.90 Å². The SMILES string of the molecule is Cc1ccnc(N2C(=O)[C@H]3C[C@H](C)CCN3C2=O)c1. The van der Waals surface area contributed by atoms with Crippen molar-refractivity contribution in [2.45, 2.75) is 32.7 Å². The van der Waals surface area contributed by atoms with Crippen molar-refractivity contribution in [1.29, 1.82) is 0 Å². The number of aromatic nitrogens is 1. The number of imide groups is 1. The molecular formula is C14H17N3O2. The van der Waals surface area contributed by atoms with E-state index in [4.69, 9.17) is 0 Å². The summed E-state index contributed by atoms with van der Waals surface area (Å²) in [5.74, 6) is 0.801. The molecule has 2 fully saturated rings. The van der Waals surface area contributed by atoms with Crippen LogP contribution in [-0.4, -0.2) is 34.4 Å². The number of anilines is 1. The molecule has 2 atom stereocenters. The van der Waals surface area contributed by atoms with Gasteiger partial charge in [0.1, 0.15) is 11.9 Å². The third-order valence-corrected chi connectivity index (χ3v) is 3.94. The summed E-state index contributed by atoms with van der Waals surface area (Å²) >= 11 is 0. The molecule has 19 heavy (non-hydrogen) atoms. The van der Waals surface area contributed by atoms with E-state index in [1.807, 2.05) is 13.0 Å². The Hall–Kier alpha value is -1.91. The molecule has 2 aliphatic rings. The second kappa shape index (κ2) is 4.33. The summed E-state index contributed by atoms with van der Waals surface area (Å²) in [6.07, 6.45) is 3.35. The Bertz CT molecular complexity index is 543. The molecule has 0 spiro atoms. The minimum atomic E-state index is -0.293. The zero-order chi connectivity index (χ0) is 13.6. The van der Waals surface area contributed by atoms with Crippen LogP contribution in [0.3, 0.4) is 0 Å². The van der Waals surface area contributed by atoms with E-state index >= 15 is 0 Å². The molecule has 5 nitrogen and oxygen atoms in total. The van der Waals surface area contributed by atoms with Gasteiger partial charge in [-0.15, -0.1) is 0 Å². The van der Waals surface area contributed by atoms with Gasteiger partial charge in [0.05, 0.1) is 0 Å². The second-order valence-electron chi connectivity index (χ2n) is 5.49. The first-order chi connectivity index (χ1) is 9.08. The van der Waals surface area contributed by atoms with E-state index in [1.165, 1.54) is 4.90 Å². The molecule has 0 aromatic carbocycles.